The van der Waals surface area contributed by atoms with Crippen molar-refractivity contribution in [3.8, 4) is 0 Å². The van der Waals surface area contributed by atoms with Crippen molar-refractivity contribution in [3.63, 3.8) is 0 Å². The first kappa shape index (κ1) is 12.5. The fourth-order valence-corrected chi connectivity index (χ4v) is 2.14. The zero-order valence-corrected chi connectivity index (χ0v) is 11.2. The van der Waals surface area contributed by atoms with Crippen molar-refractivity contribution in [2.75, 3.05) is 19.1 Å². The van der Waals surface area contributed by atoms with Crippen molar-refractivity contribution >= 4 is 35.1 Å². The van der Waals surface area contributed by atoms with Crippen LogP contribution in [0.5, 0.6) is 0 Å². The Labute approximate surface area is 109 Å². The van der Waals surface area contributed by atoms with Crippen LogP contribution in [0.2, 0.25) is 0 Å². The number of anilines is 1. The zero-order valence-electron chi connectivity index (χ0n) is 9.61. The van der Waals surface area contributed by atoms with Gasteiger partial charge in [0.2, 0.25) is 5.91 Å². The van der Waals surface area contributed by atoms with Crippen molar-refractivity contribution < 1.29 is 9.45 Å². The fourth-order valence-electron chi connectivity index (χ4n) is 1.82. The van der Waals surface area contributed by atoms with Gasteiger partial charge in [0.1, 0.15) is 0 Å². The van der Waals surface area contributed by atoms with Crippen LogP contribution in [0.1, 0.15) is 5.69 Å². The maximum atomic E-state index is 12.0. The van der Waals surface area contributed by atoms with Crippen LogP contribution in [0.4, 0.5) is 5.69 Å². The number of fused-ring (bicyclic) bond motifs is 1. The van der Waals surface area contributed by atoms with Crippen LogP contribution < -0.4 is 10.1 Å². The maximum Gasteiger partial charge on any atom is 0.396 e. The van der Waals surface area contributed by atoms with Crippen molar-refractivity contribution in [2.24, 2.45) is 0 Å². The molecule has 1 aromatic rings. The van der Waals surface area contributed by atoms with E-state index in [0.717, 1.165) is 15.9 Å². The average molecular weight is 297 g/mol. The molecule has 2 heterocycles. The van der Waals surface area contributed by atoms with Gasteiger partial charge in [0, 0.05) is 31.2 Å². The molecule has 1 aliphatic heterocycles. The van der Waals surface area contributed by atoms with Crippen molar-refractivity contribution in [1.29, 1.82) is 0 Å². The van der Waals surface area contributed by atoms with E-state index in [2.05, 4.69) is 26.1 Å². The van der Waals surface area contributed by atoms with Gasteiger partial charge in [-0.1, -0.05) is 0 Å². The van der Waals surface area contributed by atoms with Gasteiger partial charge in [0.15, 0.2) is 0 Å². The van der Waals surface area contributed by atoms with E-state index in [0.29, 0.717) is 6.42 Å². The molecule has 17 heavy (non-hydrogen) atoms. The number of nitrogens with one attached hydrogen (secondary N) is 1. The van der Waals surface area contributed by atoms with Crippen molar-refractivity contribution in [3.05, 3.63) is 22.4 Å². The number of halogens is 1. The predicted octanol–water partition coefficient (Wildman–Crippen LogP) is 0.502. The molecule has 0 aliphatic carbocycles. The van der Waals surface area contributed by atoms with E-state index in [1.54, 1.807) is 18.1 Å². The lowest BCUT2D eigenvalue weighted by molar-refractivity contribution is -0.120. The largest absolute Gasteiger partial charge is 0.427 e. The second-order valence-electron chi connectivity index (χ2n) is 3.79. The van der Waals surface area contributed by atoms with Crippen molar-refractivity contribution in [2.45, 2.75) is 12.5 Å². The SMILES string of the molecule is CO[B]N[C@@H]1Cc2ncc(Br)cc2N(C)C1=O. The summed E-state index contributed by atoms with van der Waals surface area (Å²) < 4.78 is 5.67. The predicted molar refractivity (Wildman–Crippen MR) is 68.7 cm³/mol. The standard InChI is InChI=1S/C10H12BBrN3O2/c1-15-9-3-6(12)5-13-7(9)4-8(10(15)16)14-11-17-2/h3,5,8,14H,4H2,1-2H3/t8-/m1/s1. The van der Waals surface area contributed by atoms with E-state index in [-0.39, 0.29) is 11.9 Å². The van der Waals surface area contributed by atoms with Crippen LogP contribution in [0, 0.1) is 0 Å². The Bertz CT molecular complexity index is 444. The molecular formula is C10H12BBrN3O2. The number of nitrogens with zero attached hydrogens (tertiary/aromatic N) is 2. The topological polar surface area (TPSA) is 54.5 Å². The van der Waals surface area contributed by atoms with E-state index in [1.807, 2.05) is 6.07 Å². The summed E-state index contributed by atoms with van der Waals surface area (Å²) in [5.74, 6) is 0.00528. The molecule has 0 spiro atoms. The van der Waals surface area contributed by atoms with E-state index >= 15 is 0 Å². The monoisotopic (exact) mass is 296 g/mol. The molecule has 0 saturated heterocycles. The third-order valence-electron chi connectivity index (χ3n) is 2.69. The molecule has 1 radical (unpaired) electrons. The van der Waals surface area contributed by atoms with Gasteiger partial charge in [-0.25, -0.2) is 0 Å². The molecular weight excluding hydrogens is 285 g/mol. The van der Waals surface area contributed by atoms with Crippen LogP contribution in [-0.2, 0) is 15.9 Å². The number of aromatic nitrogens is 1. The summed E-state index contributed by atoms with van der Waals surface area (Å²) in [4.78, 5) is 18.0. The highest BCUT2D eigenvalue weighted by atomic mass is 79.9. The normalized spacial score (nSPS) is 19.1. The molecule has 0 saturated carbocycles. The smallest absolute Gasteiger partial charge is 0.396 e. The lowest BCUT2D eigenvalue weighted by Gasteiger charge is -2.31. The second-order valence-corrected chi connectivity index (χ2v) is 4.71. The van der Waals surface area contributed by atoms with Crippen molar-refractivity contribution in [1.82, 2.24) is 10.2 Å². The summed E-state index contributed by atoms with van der Waals surface area (Å²) >= 11 is 3.35. The number of hydrogen-bond acceptors (Lipinski definition) is 4. The molecule has 1 aliphatic rings. The lowest BCUT2D eigenvalue weighted by Crippen LogP contribution is -2.51. The molecule has 0 aromatic carbocycles. The summed E-state index contributed by atoms with van der Waals surface area (Å²) in [6.45, 7) is 0. The Morgan fingerprint density at radius 2 is 2.47 bits per heavy atom. The maximum absolute atomic E-state index is 12.0. The minimum atomic E-state index is -0.318. The van der Waals surface area contributed by atoms with E-state index in [9.17, 15) is 4.79 Å². The summed E-state index contributed by atoms with van der Waals surface area (Å²) in [6.07, 6.45) is 2.30. The Balaban J connectivity index is 2.26. The first-order valence-electron chi connectivity index (χ1n) is 5.16. The Morgan fingerprint density at radius 3 is 3.18 bits per heavy atom. The van der Waals surface area contributed by atoms with Gasteiger partial charge < -0.3 is 14.8 Å². The zero-order chi connectivity index (χ0) is 12.4. The van der Waals surface area contributed by atoms with Gasteiger partial charge >= 0.3 is 7.62 Å². The molecule has 0 fully saturated rings. The molecule has 1 aromatic heterocycles. The minimum Gasteiger partial charge on any atom is -0.427 e. The van der Waals surface area contributed by atoms with Crippen LogP contribution in [0.3, 0.4) is 0 Å². The molecule has 89 valence electrons. The molecule has 5 nitrogen and oxygen atoms in total. The van der Waals surface area contributed by atoms with Gasteiger partial charge in [-0.05, 0) is 22.0 Å². The van der Waals surface area contributed by atoms with E-state index < -0.39 is 0 Å². The third kappa shape index (κ3) is 2.51. The second kappa shape index (κ2) is 5.16. The number of pyridine rings is 1. The first-order valence-corrected chi connectivity index (χ1v) is 5.95. The van der Waals surface area contributed by atoms with E-state index in [1.165, 1.54) is 14.7 Å². The Morgan fingerprint density at radius 1 is 1.71 bits per heavy atom. The summed E-state index contributed by atoms with van der Waals surface area (Å²) in [6, 6.07) is 1.58. The molecule has 0 bridgehead atoms. The number of carbonyl (C=O) groups is 1. The lowest BCUT2D eigenvalue weighted by atomic mass is 10.00. The average Bonchev–Trinajstić information content (AvgIpc) is 2.33. The molecule has 1 atom stereocenters. The van der Waals surface area contributed by atoms with E-state index in [4.69, 9.17) is 4.65 Å². The minimum absolute atomic E-state index is 0.00528. The number of hydrogen-bond donors (Lipinski definition) is 1. The number of amides is 1. The van der Waals surface area contributed by atoms with Gasteiger partial charge in [0.05, 0.1) is 17.4 Å². The van der Waals surface area contributed by atoms with Gasteiger partial charge in [0.25, 0.3) is 0 Å². The van der Waals surface area contributed by atoms with Crippen LogP contribution in [0.15, 0.2) is 16.7 Å². The van der Waals surface area contributed by atoms with Gasteiger partial charge in [-0.2, -0.15) is 0 Å². The van der Waals surface area contributed by atoms with Gasteiger partial charge in [-0.15, -0.1) is 0 Å². The summed E-state index contributed by atoms with van der Waals surface area (Å²) in [7, 11) is 4.70. The van der Waals surface area contributed by atoms with Crippen LogP contribution in [-0.4, -0.2) is 38.7 Å². The molecule has 7 heteroatoms. The summed E-state index contributed by atoms with van der Waals surface area (Å²) in [5, 5.41) is 2.92. The molecule has 1 N–H and O–H groups in total. The Hall–Kier alpha value is -0.915. The molecule has 2 rings (SSSR count). The summed E-state index contributed by atoms with van der Waals surface area (Å²) in [5.41, 5.74) is 1.75. The number of rotatable bonds is 3. The highest BCUT2D eigenvalue weighted by molar-refractivity contribution is 9.10. The molecule has 0 unspecified atom stereocenters. The highest BCUT2D eigenvalue weighted by Gasteiger charge is 2.31. The third-order valence-corrected chi connectivity index (χ3v) is 3.12. The Kier molecular flexibility index (Phi) is 3.81. The first-order chi connectivity index (χ1) is 8.13. The van der Waals surface area contributed by atoms with Crippen LogP contribution in [0.25, 0.3) is 0 Å². The molecule has 1 amide bonds. The number of carbonyl (C=O) groups excluding carboxylic acids is 1. The quantitative estimate of drug-likeness (QED) is 0.826. The van der Waals surface area contributed by atoms with Crippen LogP contribution >= 0.6 is 15.9 Å². The van der Waals surface area contributed by atoms with Gasteiger partial charge in [-0.3, -0.25) is 9.78 Å². The number of likely N-dealkylation sites (N-methyl/N-ethyl adjacent to an activating group) is 1. The highest BCUT2D eigenvalue weighted by Crippen LogP contribution is 2.27. The fraction of sp³-hybridized carbons (Fsp3) is 0.400.